The predicted octanol–water partition coefficient (Wildman–Crippen LogP) is 2.89. The first-order valence-corrected chi connectivity index (χ1v) is 7.71. The van der Waals surface area contributed by atoms with Gasteiger partial charge in [0.25, 0.3) is 0 Å². The molecule has 1 aromatic carbocycles. The van der Waals surface area contributed by atoms with Crippen LogP contribution in [0.5, 0.6) is 0 Å². The van der Waals surface area contributed by atoms with Crippen molar-refractivity contribution in [2.45, 2.75) is 18.0 Å². The van der Waals surface area contributed by atoms with E-state index in [4.69, 9.17) is 0 Å². The summed E-state index contributed by atoms with van der Waals surface area (Å²) in [5.41, 5.74) is -0.139. The van der Waals surface area contributed by atoms with Gasteiger partial charge in [-0.25, -0.2) is 0 Å². The second kappa shape index (κ2) is 6.70. The highest BCUT2D eigenvalue weighted by molar-refractivity contribution is 8.00. The number of benzene rings is 1. The average Bonchev–Trinajstić information content (AvgIpc) is 2.80. The molecule has 0 aliphatic carbocycles. The molecule has 0 saturated carbocycles. The molecule has 1 fully saturated rings. The van der Waals surface area contributed by atoms with Crippen molar-refractivity contribution in [3.63, 3.8) is 0 Å². The molecule has 1 atom stereocenters. The summed E-state index contributed by atoms with van der Waals surface area (Å²) < 4.78 is 38.3. The van der Waals surface area contributed by atoms with Crippen molar-refractivity contribution < 1.29 is 18.0 Å². The van der Waals surface area contributed by atoms with E-state index in [1.165, 1.54) is 17.8 Å². The molecule has 0 spiro atoms. The molecule has 0 aromatic heterocycles. The second-order valence-corrected chi connectivity index (χ2v) is 5.90. The lowest BCUT2D eigenvalue weighted by Gasteiger charge is -2.24. The summed E-state index contributed by atoms with van der Waals surface area (Å²) in [6.07, 6.45) is -3.58. The van der Waals surface area contributed by atoms with E-state index in [1.807, 2.05) is 7.05 Å². The van der Waals surface area contributed by atoms with Crippen molar-refractivity contribution in [3.05, 3.63) is 35.4 Å². The highest BCUT2D eigenvalue weighted by Gasteiger charge is 2.35. The van der Waals surface area contributed by atoms with E-state index in [1.54, 1.807) is 11.0 Å². The van der Waals surface area contributed by atoms with Gasteiger partial charge in [0.15, 0.2) is 0 Å². The Kier molecular flexibility index (Phi) is 5.16. The van der Waals surface area contributed by atoms with E-state index >= 15 is 0 Å². The zero-order chi connectivity index (χ0) is 15.5. The van der Waals surface area contributed by atoms with Crippen LogP contribution >= 0.6 is 11.8 Å². The normalized spacial score (nSPS) is 19.3. The van der Waals surface area contributed by atoms with E-state index < -0.39 is 11.7 Å². The van der Waals surface area contributed by atoms with E-state index in [0.717, 1.165) is 25.1 Å². The summed E-state index contributed by atoms with van der Waals surface area (Å²) in [4.78, 5) is 13.6. The van der Waals surface area contributed by atoms with Gasteiger partial charge in [0.05, 0.1) is 11.3 Å². The molecule has 0 bridgehead atoms. The molecule has 116 valence electrons. The first-order chi connectivity index (χ1) is 9.93. The Balaban J connectivity index is 2.17. The average molecular weight is 318 g/mol. The molecule has 0 unspecified atom stereocenters. The molecule has 0 radical (unpaired) electrons. The molecule has 1 saturated heterocycles. The number of hydrogen-bond donors (Lipinski definition) is 1. The molecule has 2 rings (SSSR count). The number of carbonyl (C=O) groups excluding carboxylic acids is 1. The maximum atomic E-state index is 12.8. The molecule has 1 N–H and O–H groups in total. The van der Waals surface area contributed by atoms with Gasteiger partial charge in [0, 0.05) is 6.54 Å². The van der Waals surface area contributed by atoms with Crippen LogP contribution in [-0.2, 0) is 11.0 Å². The van der Waals surface area contributed by atoms with Gasteiger partial charge in [-0.1, -0.05) is 12.1 Å². The monoisotopic (exact) mass is 318 g/mol. The second-order valence-electron chi connectivity index (χ2n) is 4.83. The number of nitrogens with zero attached hydrogens (tertiary/aromatic N) is 1. The van der Waals surface area contributed by atoms with Crippen LogP contribution in [0.1, 0.15) is 22.9 Å². The molecular weight excluding hydrogens is 301 g/mol. The van der Waals surface area contributed by atoms with Gasteiger partial charge < -0.3 is 10.2 Å². The van der Waals surface area contributed by atoms with Gasteiger partial charge >= 0.3 is 6.18 Å². The molecule has 1 amide bonds. The van der Waals surface area contributed by atoms with Crippen LogP contribution in [0.3, 0.4) is 0 Å². The third-order valence-corrected chi connectivity index (χ3v) is 4.55. The van der Waals surface area contributed by atoms with Gasteiger partial charge in [-0.2, -0.15) is 13.2 Å². The number of alkyl halides is 3. The first-order valence-electron chi connectivity index (χ1n) is 6.66. The number of thioether (sulfide) groups is 1. The number of nitrogens with one attached hydrogen (secondary N) is 1. The molecule has 1 heterocycles. The number of rotatable bonds is 5. The third-order valence-electron chi connectivity index (χ3n) is 3.29. The summed E-state index contributed by atoms with van der Waals surface area (Å²) >= 11 is 1.38. The van der Waals surface area contributed by atoms with Gasteiger partial charge in [-0.15, -0.1) is 11.8 Å². The van der Waals surface area contributed by atoms with Gasteiger partial charge in [-0.3, -0.25) is 4.79 Å². The van der Waals surface area contributed by atoms with E-state index in [9.17, 15) is 18.0 Å². The largest absolute Gasteiger partial charge is 0.416 e. The lowest BCUT2D eigenvalue weighted by molar-refractivity contribution is -0.137. The fourth-order valence-electron chi connectivity index (χ4n) is 2.27. The van der Waals surface area contributed by atoms with Crippen molar-refractivity contribution in [1.29, 1.82) is 0 Å². The number of amides is 1. The van der Waals surface area contributed by atoms with Crippen LogP contribution < -0.4 is 5.32 Å². The standard InChI is InChI=1S/C14H17F3N2OS/c1-18-6-3-7-19-12(20)9-21-13(19)10-4-2-5-11(8-10)14(15,16)17/h2,4-5,8,13,18H,3,6-7,9H2,1H3/t13-/m0/s1. The van der Waals surface area contributed by atoms with Crippen LogP contribution in [0, 0.1) is 0 Å². The molecular formula is C14H17F3N2OS. The summed E-state index contributed by atoms with van der Waals surface area (Å²) in [6.45, 7) is 1.32. The van der Waals surface area contributed by atoms with E-state index in [-0.39, 0.29) is 11.3 Å². The van der Waals surface area contributed by atoms with Crippen molar-refractivity contribution in [1.82, 2.24) is 10.2 Å². The van der Waals surface area contributed by atoms with Crippen LogP contribution in [0.4, 0.5) is 13.2 Å². The Morgan fingerprint density at radius 3 is 2.86 bits per heavy atom. The summed E-state index contributed by atoms with van der Waals surface area (Å²) in [6, 6.07) is 5.24. The highest BCUT2D eigenvalue weighted by atomic mass is 32.2. The van der Waals surface area contributed by atoms with E-state index in [0.29, 0.717) is 17.9 Å². The number of halogens is 3. The van der Waals surface area contributed by atoms with Crippen molar-refractivity contribution in [2.24, 2.45) is 0 Å². The van der Waals surface area contributed by atoms with Crippen molar-refractivity contribution in [3.8, 4) is 0 Å². The topological polar surface area (TPSA) is 32.3 Å². The minimum atomic E-state index is -4.36. The predicted molar refractivity (Wildman–Crippen MR) is 76.9 cm³/mol. The maximum Gasteiger partial charge on any atom is 0.416 e. The van der Waals surface area contributed by atoms with Crippen LogP contribution in [0.2, 0.25) is 0 Å². The quantitative estimate of drug-likeness (QED) is 0.847. The van der Waals surface area contributed by atoms with Crippen LogP contribution in [0.25, 0.3) is 0 Å². The SMILES string of the molecule is CNCCCN1C(=O)CS[C@H]1c1cccc(C(F)(F)F)c1. The zero-order valence-electron chi connectivity index (χ0n) is 11.6. The molecule has 21 heavy (non-hydrogen) atoms. The maximum absolute atomic E-state index is 12.8. The summed E-state index contributed by atoms with van der Waals surface area (Å²) in [5, 5.41) is 2.67. The van der Waals surface area contributed by atoms with Gasteiger partial charge in [0.2, 0.25) is 5.91 Å². The van der Waals surface area contributed by atoms with Crippen LogP contribution in [-0.4, -0.2) is 36.7 Å². The van der Waals surface area contributed by atoms with E-state index in [2.05, 4.69) is 5.32 Å². The number of hydrogen-bond acceptors (Lipinski definition) is 3. The molecule has 3 nitrogen and oxygen atoms in total. The summed E-state index contributed by atoms with van der Waals surface area (Å²) in [7, 11) is 1.82. The van der Waals surface area contributed by atoms with Gasteiger partial charge in [0.1, 0.15) is 5.37 Å². The Bertz CT molecular complexity index is 507. The lowest BCUT2D eigenvalue weighted by Crippen LogP contribution is -2.30. The fraction of sp³-hybridized carbons (Fsp3) is 0.500. The molecule has 1 aliphatic rings. The smallest absolute Gasteiger partial charge is 0.326 e. The summed E-state index contributed by atoms with van der Waals surface area (Å²) in [5.74, 6) is 0.305. The van der Waals surface area contributed by atoms with Crippen molar-refractivity contribution >= 4 is 17.7 Å². The Morgan fingerprint density at radius 2 is 2.19 bits per heavy atom. The zero-order valence-corrected chi connectivity index (χ0v) is 12.4. The first kappa shape index (κ1) is 16.2. The van der Waals surface area contributed by atoms with Gasteiger partial charge in [-0.05, 0) is 37.7 Å². The minimum absolute atomic E-state index is 0.0153. The van der Waals surface area contributed by atoms with Crippen molar-refractivity contribution in [2.75, 3.05) is 25.9 Å². The minimum Gasteiger partial charge on any atom is -0.326 e. The molecule has 1 aliphatic heterocycles. The molecule has 1 aromatic rings. The Labute approximate surface area is 125 Å². The molecule has 7 heteroatoms. The Hall–Kier alpha value is -1.21. The third kappa shape index (κ3) is 3.91. The fourth-order valence-corrected chi connectivity index (χ4v) is 3.48. The lowest BCUT2D eigenvalue weighted by atomic mass is 10.1. The number of carbonyl (C=O) groups is 1. The highest BCUT2D eigenvalue weighted by Crippen LogP contribution is 2.40. The van der Waals surface area contributed by atoms with Crippen LogP contribution in [0.15, 0.2) is 24.3 Å². The Morgan fingerprint density at radius 1 is 1.43 bits per heavy atom.